The van der Waals surface area contributed by atoms with Crippen molar-refractivity contribution in [3.8, 4) is 28.8 Å². The normalized spacial score (nSPS) is 14.1. The Morgan fingerprint density at radius 3 is 2.35 bits per heavy atom. The van der Waals surface area contributed by atoms with E-state index in [9.17, 15) is 14.9 Å². The Hall–Kier alpha value is -5.71. The van der Waals surface area contributed by atoms with Crippen LogP contribution in [0, 0.1) is 11.3 Å². The van der Waals surface area contributed by atoms with Gasteiger partial charge in [-0.1, -0.05) is 90.5 Å². The highest BCUT2D eigenvalue weighted by Gasteiger charge is 2.35. The molecule has 2 heterocycles. The minimum Gasteiger partial charge on any atom is -0.489 e. The summed E-state index contributed by atoms with van der Waals surface area (Å²) in [5.41, 5.74) is 5.25. The van der Waals surface area contributed by atoms with E-state index < -0.39 is 11.8 Å². The summed E-state index contributed by atoms with van der Waals surface area (Å²) in [6, 6.07) is 36.4. The van der Waals surface area contributed by atoms with E-state index in [1.165, 1.54) is 0 Å². The fraction of sp³-hybridized carbons (Fsp3) is 0.105. The van der Waals surface area contributed by atoms with Crippen molar-refractivity contribution in [1.29, 1.82) is 5.26 Å². The van der Waals surface area contributed by atoms with E-state index in [2.05, 4.69) is 0 Å². The van der Waals surface area contributed by atoms with E-state index >= 15 is 0 Å². The van der Waals surface area contributed by atoms with E-state index in [4.69, 9.17) is 21.4 Å². The second-order valence-corrected chi connectivity index (χ2v) is 11.2. The lowest BCUT2D eigenvalue weighted by atomic mass is 9.93. The molecule has 46 heavy (non-hydrogen) atoms. The van der Waals surface area contributed by atoms with Crippen molar-refractivity contribution in [2.45, 2.75) is 20.0 Å². The number of para-hydroxylation sites is 1. The van der Waals surface area contributed by atoms with Crippen molar-refractivity contribution in [2.24, 2.45) is 0 Å². The molecular formula is C38H29ClN4O3. The van der Waals surface area contributed by atoms with Gasteiger partial charge in [0.15, 0.2) is 0 Å². The number of aromatic nitrogens is 2. The number of nitrogens with zero attached hydrogens (tertiary/aromatic N) is 4. The Bertz CT molecular complexity index is 2020. The highest BCUT2D eigenvalue weighted by Crippen LogP contribution is 2.33. The number of imide groups is 1. The average molecular weight is 625 g/mol. The molecule has 0 saturated heterocycles. The van der Waals surface area contributed by atoms with Crippen LogP contribution in [0.3, 0.4) is 0 Å². The molecule has 8 heteroatoms. The molecule has 0 saturated carbocycles. The Labute approximate surface area is 272 Å². The summed E-state index contributed by atoms with van der Waals surface area (Å²) in [4.78, 5) is 28.3. The third kappa shape index (κ3) is 6.39. The topological polar surface area (TPSA) is 88.2 Å². The SMILES string of the molecule is CC1=C(C#N)C(=O)N(CCc2ccccc2)C(=O)/C1=C/c1cn(-c2ccccc2)nc1-c1cccc(OCc2ccccc2Cl)c1. The Morgan fingerprint density at radius 1 is 0.891 bits per heavy atom. The molecular weight excluding hydrogens is 596 g/mol. The number of nitriles is 1. The van der Waals surface area contributed by atoms with Gasteiger partial charge in [-0.05, 0) is 60.9 Å². The molecule has 5 aromatic rings. The van der Waals surface area contributed by atoms with Crippen molar-refractivity contribution < 1.29 is 14.3 Å². The molecule has 0 fully saturated rings. The predicted octanol–water partition coefficient (Wildman–Crippen LogP) is 7.61. The standard InChI is InChI=1S/C38H29ClN4O3/c1-26-33(37(44)42(38(45)34(26)23-40)20-19-27-11-4-2-5-12-27)22-30-24-43(31-15-6-3-7-16-31)41-36(30)28-14-10-17-32(21-28)46-25-29-13-8-9-18-35(29)39/h2-18,21-22,24H,19-20,25H2,1H3/b33-22+. The fourth-order valence-corrected chi connectivity index (χ4v) is 5.50. The van der Waals surface area contributed by atoms with Crippen LogP contribution in [-0.4, -0.2) is 33.0 Å². The largest absolute Gasteiger partial charge is 0.489 e. The van der Waals surface area contributed by atoms with Gasteiger partial charge in [0.2, 0.25) is 0 Å². The van der Waals surface area contributed by atoms with Crippen molar-refractivity contribution in [3.05, 3.63) is 154 Å². The summed E-state index contributed by atoms with van der Waals surface area (Å²) in [5, 5.41) is 15.5. The maximum absolute atomic E-state index is 13.9. The molecule has 0 radical (unpaired) electrons. The van der Waals surface area contributed by atoms with E-state index in [0.717, 1.165) is 27.3 Å². The Morgan fingerprint density at radius 2 is 1.61 bits per heavy atom. The van der Waals surface area contributed by atoms with Crippen molar-refractivity contribution in [3.63, 3.8) is 0 Å². The second kappa shape index (κ2) is 13.5. The van der Waals surface area contributed by atoms with Gasteiger partial charge in [-0.15, -0.1) is 0 Å². The monoisotopic (exact) mass is 624 g/mol. The number of ether oxygens (including phenoxy) is 1. The molecule has 1 aliphatic rings. The van der Waals surface area contributed by atoms with Crippen molar-refractivity contribution in [1.82, 2.24) is 14.7 Å². The van der Waals surface area contributed by atoms with Crippen molar-refractivity contribution in [2.75, 3.05) is 6.54 Å². The van der Waals surface area contributed by atoms with Crippen LogP contribution < -0.4 is 4.74 Å². The lowest BCUT2D eigenvalue weighted by molar-refractivity contribution is -0.140. The van der Waals surface area contributed by atoms with Gasteiger partial charge < -0.3 is 4.74 Å². The predicted molar refractivity (Wildman–Crippen MR) is 178 cm³/mol. The van der Waals surface area contributed by atoms with Crippen LogP contribution in [0.4, 0.5) is 0 Å². The van der Waals surface area contributed by atoms with Gasteiger partial charge in [0.1, 0.15) is 29.7 Å². The molecule has 226 valence electrons. The van der Waals surface area contributed by atoms with Crippen LogP contribution in [-0.2, 0) is 22.6 Å². The number of halogens is 1. The van der Waals surface area contributed by atoms with E-state index in [1.807, 2.05) is 121 Å². The van der Waals surface area contributed by atoms with Gasteiger partial charge in [-0.3, -0.25) is 14.5 Å². The molecule has 2 amide bonds. The molecule has 6 rings (SSSR count). The second-order valence-electron chi connectivity index (χ2n) is 10.8. The quantitative estimate of drug-likeness (QED) is 0.124. The molecule has 1 aromatic heterocycles. The van der Waals surface area contributed by atoms with Crippen LogP contribution in [0.1, 0.15) is 23.6 Å². The first-order chi connectivity index (χ1) is 22.4. The number of hydrogen-bond donors (Lipinski definition) is 0. The number of benzene rings is 4. The van der Waals surface area contributed by atoms with Gasteiger partial charge >= 0.3 is 0 Å². The fourth-order valence-electron chi connectivity index (χ4n) is 5.31. The summed E-state index contributed by atoms with van der Waals surface area (Å²) in [5.74, 6) is -0.408. The Balaban J connectivity index is 1.39. The third-order valence-corrected chi connectivity index (χ3v) is 8.18. The maximum atomic E-state index is 13.9. The molecule has 0 aliphatic carbocycles. The van der Waals surface area contributed by atoms with Crippen LogP contribution in [0.25, 0.3) is 23.0 Å². The third-order valence-electron chi connectivity index (χ3n) is 7.82. The van der Waals surface area contributed by atoms with Gasteiger partial charge in [0.25, 0.3) is 11.8 Å². The molecule has 0 atom stereocenters. The molecule has 0 bridgehead atoms. The van der Waals surface area contributed by atoms with Gasteiger partial charge in [0.05, 0.1) is 5.69 Å². The van der Waals surface area contributed by atoms with E-state index in [1.54, 1.807) is 17.7 Å². The smallest absolute Gasteiger partial charge is 0.271 e. The highest BCUT2D eigenvalue weighted by atomic mass is 35.5. The lowest BCUT2D eigenvalue weighted by Crippen LogP contribution is -2.43. The lowest BCUT2D eigenvalue weighted by Gasteiger charge is -2.27. The minimum absolute atomic E-state index is 0.0501. The first-order valence-electron chi connectivity index (χ1n) is 14.8. The number of rotatable bonds is 9. The van der Waals surface area contributed by atoms with E-state index in [0.29, 0.717) is 40.6 Å². The summed E-state index contributed by atoms with van der Waals surface area (Å²) >= 11 is 6.33. The first kappa shape index (κ1) is 30.3. The molecule has 0 spiro atoms. The van der Waals surface area contributed by atoms with Gasteiger partial charge in [0, 0.05) is 40.0 Å². The number of amides is 2. The minimum atomic E-state index is -0.582. The summed E-state index contributed by atoms with van der Waals surface area (Å²) < 4.78 is 7.84. The summed E-state index contributed by atoms with van der Waals surface area (Å²) in [6.45, 7) is 2.08. The zero-order valence-electron chi connectivity index (χ0n) is 25.1. The summed E-state index contributed by atoms with van der Waals surface area (Å²) in [7, 11) is 0. The van der Waals surface area contributed by atoms with Gasteiger partial charge in [-0.25, -0.2) is 4.68 Å². The van der Waals surface area contributed by atoms with Crippen LogP contribution in [0.15, 0.2) is 132 Å². The zero-order valence-corrected chi connectivity index (χ0v) is 25.8. The number of carbonyl (C=O) groups excluding carboxylic acids is 2. The zero-order chi connectivity index (χ0) is 32.0. The number of hydrogen-bond acceptors (Lipinski definition) is 5. The summed E-state index contributed by atoms with van der Waals surface area (Å²) in [6.07, 6.45) is 4.03. The average Bonchev–Trinajstić information content (AvgIpc) is 3.51. The maximum Gasteiger partial charge on any atom is 0.271 e. The molecule has 0 unspecified atom stereocenters. The van der Waals surface area contributed by atoms with Crippen LogP contribution >= 0.6 is 11.6 Å². The molecule has 4 aromatic carbocycles. The Kier molecular flexibility index (Phi) is 8.91. The highest BCUT2D eigenvalue weighted by molar-refractivity contribution is 6.31. The molecule has 1 aliphatic heterocycles. The first-order valence-corrected chi connectivity index (χ1v) is 15.2. The van der Waals surface area contributed by atoms with E-state index in [-0.39, 0.29) is 17.7 Å². The van der Waals surface area contributed by atoms with Gasteiger partial charge in [-0.2, -0.15) is 10.4 Å². The number of carbonyl (C=O) groups is 2. The van der Waals surface area contributed by atoms with Crippen molar-refractivity contribution >= 4 is 29.5 Å². The molecule has 0 N–H and O–H groups in total. The molecule has 7 nitrogen and oxygen atoms in total. The van der Waals surface area contributed by atoms with Crippen LogP contribution in [0.2, 0.25) is 5.02 Å². The van der Waals surface area contributed by atoms with Crippen LogP contribution in [0.5, 0.6) is 5.75 Å².